The van der Waals surface area contributed by atoms with Gasteiger partial charge in [-0.15, -0.1) is 13.2 Å². The van der Waals surface area contributed by atoms with E-state index < -0.39 is 6.36 Å². The number of ether oxygens (including phenoxy) is 1. The molecule has 0 radical (unpaired) electrons. The van der Waals surface area contributed by atoms with Gasteiger partial charge in [-0.3, -0.25) is 0 Å². The molecule has 5 nitrogen and oxygen atoms in total. The third kappa shape index (κ3) is 4.07. The van der Waals surface area contributed by atoms with E-state index in [0.717, 1.165) is 0 Å². The summed E-state index contributed by atoms with van der Waals surface area (Å²) in [6, 6.07) is 19.5. The Labute approximate surface area is 169 Å². The second-order valence-corrected chi connectivity index (χ2v) is 6.52. The predicted molar refractivity (Wildman–Crippen MR) is 109 cm³/mol. The molecule has 4 N–H and O–H groups in total. The molecule has 1 heterocycles. The molecule has 0 amide bonds. The molecule has 0 aliphatic rings. The lowest BCUT2D eigenvalue weighted by Crippen LogP contribution is -2.16. The Bertz CT molecular complexity index is 1210. The van der Waals surface area contributed by atoms with Crippen molar-refractivity contribution in [1.29, 1.82) is 0 Å². The third-order valence-corrected chi connectivity index (χ3v) is 4.40. The first-order valence-corrected chi connectivity index (χ1v) is 8.90. The Morgan fingerprint density at radius 2 is 1.67 bits per heavy atom. The fourth-order valence-corrected chi connectivity index (χ4v) is 3.15. The molecule has 30 heavy (non-hydrogen) atoms. The highest BCUT2D eigenvalue weighted by molar-refractivity contribution is 6.22. The topological polar surface area (TPSA) is 83.6 Å². The van der Waals surface area contributed by atoms with Gasteiger partial charge in [-0.05, 0) is 42.5 Å². The van der Waals surface area contributed by atoms with E-state index in [4.69, 9.17) is 5.73 Å². The van der Waals surface area contributed by atoms with Crippen LogP contribution in [0.25, 0.3) is 10.9 Å². The number of benzene rings is 3. The summed E-state index contributed by atoms with van der Waals surface area (Å²) >= 11 is 0. The summed E-state index contributed by atoms with van der Waals surface area (Å²) in [5.41, 5.74) is 9.10. The Hall–Kier alpha value is -3.94. The van der Waals surface area contributed by atoms with E-state index in [1.165, 1.54) is 24.3 Å². The highest BCUT2D eigenvalue weighted by Crippen LogP contribution is 2.33. The van der Waals surface area contributed by atoms with Crippen LogP contribution in [0.3, 0.4) is 0 Å². The van der Waals surface area contributed by atoms with Crippen LogP contribution in [0.2, 0.25) is 0 Å². The second kappa shape index (κ2) is 7.47. The molecule has 1 aromatic heterocycles. The van der Waals surface area contributed by atoms with Gasteiger partial charge in [0.2, 0.25) is 0 Å². The van der Waals surface area contributed by atoms with Crippen molar-refractivity contribution in [2.75, 3.05) is 5.73 Å². The maximum Gasteiger partial charge on any atom is 0.573 e. The standard InChI is InChI=1S/C22H16F3N3O2/c23-22(24,25)30-16-9-7-15(8-10-16)27-20(13-4-2-1-3-5-13)19-17-12-14(26)6-11-18(17)28-21(19)29/h1-12,28-29H,26H2. The van der Waals surface area contributed by atoms with Crippen LogP contribution in [0.15, 0.2) is 77.8 Å². The van der Waals surface area contributed by atoms with Crippen LogP contribution in [0.4, 0.5) is 24.5 Å². The van der Waals surface area contributed by atoms with E-state index in [1.807, 2.05) is 30.3 Å². The number of fused-ring (bicyclic) bond motifs is 1. The molecule has 0 unspecified atom stereocenters. The Balaban J connectivity index is 1.85. The Morgan fingerprint density at radius 3 is 2.33 bits per heavy atom. The minimum Gasteiger partial charge on any atom is -0.494 e. The number of aliphatic imine (C=N–C) groups is 1. The summed E-state index contributed by atoms with van der Waals surface area (Å²) in [5.74, 6) is -0.430. The van der Waals surface area contributed by atoms with Gasteiger partial charge in [0.25, 0.3) is 0 Å². The number of anilines is 1. The maximum absolute atomic E-state index is 12.4. The van der Waals surface area contributed by atoms with Crippen molar-refractivity contribution >= 4 is 28.0 Å². The van der Waals surface area contributed by atoms with Gasteiger partial charge in [-0.2, -0.15) is 0 Å². The molecular weight excluding hydrogens is 395 g/mol. The van der Waals surface area contributed by atoms with Crippen molar-refractivity contribution in [2.45, 2.75) is 6.36 Å². The van der Waals surface area contributed by atoms with Crippen LogP contribution in [0, 0.1) is 0 Å². The first-order valence-electron chi connectivity index (χ1n) is 8.90. The summed E-state index contributed by atoms with van der Waals surface area (Å²) in [6.07, 6.45) is -4.77. The van der Waals surface area contributed by atoms with E-state index in [9.17, 15) is 18.3 Å². The largest absolute Gasteiger partial charge is 0.573 e. The second-order valence-electron chi connectivity index (χ2n) is 6.52. The molecule has 0 saturated carbocycles. The number of H-pyrrole nitrogens is 1. The van der Waals surface area contributed by atoms with Crippen LogP contribution in [0.5, 0.6) is 11.6 Å². The van der Waals surface area contributed by atoms with Crippen molar-refractivity contribution in [2.24, 2.45) is 4.99 Å². The minimum atomic E-state index is -4.77. The zero-order valence-corrected chi connectivity index (χ0v) is 15.4. The summed E-state index contributed by atoms with van der Waals surface area (Å²) in [5, 5.41) is 11.3. The zero-order valence-electron chi connectivity index (χ0n) is 15.4. The lowest BCUT2D eigenvalue weighted by Gasteiger charge is -2.10. The van der Waals surface area contributed by atoms with Crippen molar-refractivity contribution in [1.82, 2.24) is 4.98 Å². The van der Waals surface area contributed by atoms with Crippen molar-refractivity contribution in [3.05, 3.63) is 83.9 Å². The molecule has 0 spiro atoms. The number of nitrogens with zero attached hydrogens (tertiary/aromatic N) is 1. The molecular formula is C22H16F3N3O2. The maximum atomic E-state index is 12.4. The van der Waals surface area contributed by atoms with E-state index >= 15 is 0 Å². The van der Waals surface area contributed by atoms with Gasteiger partial charge in [0, 0.05) is 22.2 Å². The first kappa shape index (κ1) is 19.4. The molecule has 0 aliphatic heterocycles. The highest BCUT2D eigenvalue weighted by Gasteiger charge is 2.31. The van der Waals surface area contributed by atoms with E-state index in [2.05, 4.69) is 14.7 Å². The van der Waals surface area contributed by atoms with Gasteiger partial charge >= 0.3 is 6.36 Å². The molecule has 4 rings (SSSR count). The normalized spacial score (nSPS) is 12.3. The highest BCUT2D eigenvalue weighted by atomic mass is 19.4. The molecule has 3 aromatic carbocycles. The smallest absolute Gasteiger partial charge is 0.494 e. The van der Waals surface area contributed by atoms with E-state index in [1.54, 1.807) is 18.2 Å². The average molecular weight is 411 g/mol. The number of nitrogens with one attached hydrogen (secondary N) is 1. The quantitative estimate of drug-likeness (QED) is 0.305. The molecule has 0 aliphatic carbocycles. The number of aromatic hydroxyl groups is 1. The molecule has 4 aromatic rings. The number of aromatic nitrogens is 1. The third-order valence-electron chi connectivity index (χ3n) is 4.40. The molecule has 0 atom stereocenters. The van der Waals surface area contributed by atoms with Gasteiger partial charge in [0.1, 0.15) is 5.75 Å². The summed E-state index contributed by atoms with van der Waals surface area (Å²) in [6.45, 7) is 0. The number of rotatable bonds is 4. The molecule has 8 heteroatoms. The van der Waals surface area contributed by atoms with Crippen LogP contribution in [0.1, 0.15) is 11.1 Å². The number of nitrogen functional groups attached to an aromatic ring is 1. The average Bonchev–Trinajstić information content (AvgIpc) is 3.02. The van der Waals surface area contributed by atoms with Gasteiger partial charge in [0.05, 0.1) is 17.0 Å². The number of halogens is 3. The minimum absolute atomic E-state index is 0.0878. The van der Waals surface area contributed by atoms with Crippen LogP contribution < -0.4 is 10.5 Å². The molecule has 0 fully saturated rings. The Kier molecular flexibility index (Phi) is 4.83. The number of aromatic amines is 1. The first-order chi connectivity index (χ1) is 14.3. The predicted octanol–water partition coefficient (Wildman–Crippen LogP) is 5.52. The summed E-state index contributed by atoms with van der Waals surface area (Å²) in [7, 11) is 0. The number of hydrogen-bond acceptors (Lipinski definition) is 4. The van der Waals surface area contributed by atoms with Gasteiger partial charge in [0.15, 0.2) is 5.88 Å². The SMILES string of the molecule is Nc1ccc2[nH]c(O)c(C(=Nc3ccc(OC(F)(F)F)cc3)c3ccccc3)c2c1. The van der Waals surface area contributed by atoms with Crippen molar-refractivity contribution in [3.63, 3.8) is 0 Å². The molecule has 0 saturated heterocycles. The zero-order chi connectivity index (χ0) is 21.3. The number of hydrogen-bond donors (Lipinski definition) is 3. The van der Waals surface area contributed by atoms with Crippen LogP contribution in [-0.2, 0) is 0 Å². The van der Waals surface area contributed by atoms with Gasteiger partial charge < -0.3 is 20.6 Å². The van der Waals surface area contributed by atoms with E-state index in [0.29, 0.717) is 39.1 Å². The lowest BCUT2D eigenvalue weighted by atomic mass is 10.0. The van der Waals surface area contributed by atoms with Crippen molar-refractivity contribution in [3.8, 4) is 11.6 Å². The number of alkyl halides is 3. The van der Waals surface area contributed by atoms with Crippen LogP contribution >= 0.6 is 0 Å². The van der Waals surface area contributed by atoms with Gasteiger partial charge in [-0.1, -0.05) is 30.3 Å². The fourth-order valence-electron chi connectivity index (χ4n) is 3.15. The summed E-state index contributed by atoms with van der Waals surface area (Å²) < 4.78 is 41.1. The van der Waals surface area contributed by atoms with Gasteiger partial charge in [-0.25, -0.2) is 4.99 Å². The van der Waals surface area contributed by atoms with E-state index in [-0.39, 0.29) is 11.6 Å². The summed E-state index contributed by atoms with van der Waals surface area (Å²) in [4.78, 5) is 7.51. The van der Waals surface area contributed by atoms with Crippen LogP contribution in [-0.4, -0.2) is 22.2 Å². The molecule has 152 valence electrons. The fraction of sp³-hybridized carbons (Fsp3) is 0.0455. The Morgan fingerprint density at radius 1 is 0.967 bits per heavy atom. The molecule has 0 bridgehead atoms. The number of nitrogens with two attached hydrogens (primary N) is 1. The lowest BCUT2D eigenvalue weighted by molar-refractivity contribution is -0.274. The monoisotopic (exact) mass is 411 g/mol. The van der Waals surface area contributed by atoms with Crippen molar-refractivity contribution < 1.29 is 23.0 Å².